The summed E-state index contributed by atoms with van der Waals surface area (Å²) in [4.78, 5) is 0. The fraction of sp³-hybridized carbons (Fsp3) is 0.538. The number of rotatable bonds is 5. The Morgan fingerprint density at radius 1 is 1.31 bits per heavy atom. The van der Waals surface area contributed by atoms with Gasteiger partial charge in [0.2, 0.25) is 0 Å². The van der Waals surface area contributed by atoms with Crippen molar-refractivity contribution < 1.29 is 9.47 Å². The lowest BCUT2D eigenvalue weighted by Crippen LogP contribution is -2.05. The van der Waals surface area contributed by atoms with E-state index in [0.717, 1.165) is 22.7 Å². The van der Waals surface area contributed by atoms with Crippen molar-refractivity contribution in [3.63, 3.8) is 0 Å². The summed E-state index contributed by atoms with van der Waals surface area (Å²) in [5, 5.41) is 1.00. The summed E-state index contributed by atoms with van der Waals surface area (Å²) in [6, 6.07) is 6.10. The monoisotopic (exact) mass is 284 g/mol. The van der Waals surface area contributed by atoms with Crippen LogP contribution in [-0.4, -0.2) is 19.5 Å². The molecule has 1 aliphatic carbocycles. The van der Waals surface area contributed by atoms with Gasteiger partial charge in [0.25, 0.3) is 0 Å². The molecule has 3 heteroatoms. The maximum absolute atomic E-state index is 5.45. The van der Waals surface area contributed by atoms with E-state index in [-0.39, 0.29) is 0 Å². The number of methoxy groups -OCH3 is 2. The minimum atomic E-state index is 0.570. The van der Waals surface area contributed by atoms with Gasteiger partial charge in [-0.2, -0.15) is 0 Å². The second kappa shape index (κ2) is 5.09. The van der Waals surface area contributed by atoms with Gasteiger partial charge in [0.05, 0.1) is 14.2 Å². The second-order valence-electron chi connectivity index (χ2n) is 4.21. The van der Waals surface area contributed by atoms with Crippen LogP contribution in [0.5, 0.6) is 11.5 Å². The molecule has 1 atom stereocenters. The smallest absolute Gasteiger partial charge is 0.126 e. The van der Waals surface area contributed by atoms with Gasteiger partial charge in [0, 0.05) is 17.3 Å². The molecule has 1 saturated carbocycles. The van der Waals surface area contributed by atoms with Crippen LogP contribution >= 0.6 is 15.9 Å². The molecule has 1 aromatic carbocycles. The molecule has 0 spiro atoms. The van der Waals surface area contributed by atoms with Crippen molar-refractivity contribution in [2.75, 3.05) is 19.5 Å². The zero-order valence-corrected chi connectivity index (χ0v) is 11.3. The van der Waals surface area contributed by atoms with Crippen LogP contribution in [0.3, 0.4) is 0 Å². The quantitative estimate of drug-likeness (QED) is 0.770. The molecule has 0 amide bonds. The highest BCUT2D eigenvalue weighted by Crippen LogP contribution is 2.46. The van der Waals surface area contributed by atoms with E-state index in [2.05, 4.69) is 22.0 Å². The maximum atomic E-state index is 5.45. The molecule has 0 aromatic heterocycles. The van der Waals surface area contributed by atoms with E-state index in [0.29, 0.717) is 5.92 Å². The van der Waals surface area contributed by atoms with E-state index in [1.807, 2.05) is 12.1 Å². The third kappa shape index (κ3) is 2.34. The van der Waals surface area contributed by atoms with Crippen molar-refractivity contribution in [1.29, 1.82) is 0 Å². The molecular formula is C13H17BrO2. The Morgan fingerprint density at radius 3 is 2.56 bits per heavy atom. The van der Waals surface area contributed by atoms with Crippen molar-refractivity contribution in [3.05, 3.63) is 23.8 Å². The van der Waals surface area contributed by atoms with Crippen molar-refractivity contribution >= 4 is 15.9 Å². The zero-order chi connectivity index (χ0) is 11.5. The van der Waals surface area contributed by atoms with Gasteiger partial charge < -0.3 is 9.47 Å². The SMILES string of the molecule is COc1ccc(C(CBr)C2CC2)c(OC)c1. The predicted octanol–water partition coefficient (Wildman–Crippen LogP) is 3.59. The van der Waals surface area contributed by atoms with Crippen molar-refractivity contribution in [2.45, 2.75) is 18.8 Å². The summed E-state index contributed by atoms with van der Waals surface area (Å²) in [7, 11) is 3.40. The first-order valence-electron chi connectivity index (χ1n) is 5.58. The van der Waals surface area contributed by atoms with Crippen LogP contribution in [0.15, 0.2) is 18.2 Å². The van der Waals surface area contributed by atoms with Gasteiger partial charge in [-0.3, -0.25) is 0 Å². The lowest BCUT2D eigenvalue weighted by atomic mass is 9.95. The highest BCUT2D eigenvalue weighted by Gasteiger charge is 2.33. The Balaban J connectivity index is 2.30. The van der Waals surface area contributed by atoms with Gasteiger partial charge in [-0.25, -0.2) is 0 Å². The topological polar surface area (TPSA) is 18.5 Å². The Morgan fingerprint density at radius 2 is 2.06 bits per heavy atom. The van der Waals surface area contributed by atoms with Gasteiger partial charge in [0.1, 0.15) is 11.5 Å². The number of hydrogen-bond acceptors (Lipinski definition) is 2. The molecule has 1 aliphatic rings. The Labute approximate surface area is 105 Å². The summed E-state index contributed by atoms with van der Waals surface area (Å²) >= 11 is 3.61. The summed E-state index contributed by atoms with van der Waals surface area (Å²) in [6.45, 7) is 0. The largest absolute Gasteiger partial charge is 0.497 e. The number of benzene rings is 1. The number of alkyl halides is 1. The Hall–Kier alpha value is -0.700. The first-order chi connectivity index (χ1) is 7.80. The van der Waals surface area contributed by atoms with E-state index in [9.17, 15) is 0 Å². The molecule has 2 nitrogen and oxygen atoms in total. The molecule has 0 saturated heterocycles. The summed E-state index contributed by atoms with van der Waals surface area (Å²) in [5.41, 5.74) is 1.29. The van der Waals surface area contributed by atoms with Crippen molar-refractivity contribution in [1.82, 2.24) is 0 Å². The van der Waals surface area contributed by atoms with Crippen LogP contribution in [0.2, 0.25) is 0 Å². The van der Waals surface area contributed by atoms with E-state index < -0.39 is 0 Å². The van der Waals surface area contributed by atoms with E-state index in [1.165, 1.54) is 18.4 Å². The van der Waals surface area contributed by atoms with E-state index in [1.54, 1.807) is 14.2 Å². The van der Waals surface area contributed by atoms with Crippen molar-refractivity contribution in [2.24, 2.45) is 5.92 Å². The lowest BCUT2D eigenvalue weighted by Gasteiger charge is -2.17. The van der Waals surface area contributed by atoms with Gasteiger partial charge in [-0.05, 0) is 30.4 Å². The lowest BCUT2D eigenvalue weighted by molar-refractivity contribution is 0.388. The Bertz CT molecular complexity index is 361. The van der Waals surface area contributed by atoms with E-state index >= 15 is 0 Å². The molecular weight excluding hydrogens is 268 g/mol. The summed E-state index contributed by atoms with van der Waals surface area (Å²) < 4.78 is 10.7. The van der Waals surface area contributed by atoms with Crippen LogP contribution in [0.4, 0.5) is 0 Å². The van der Waals surface area contributed by atoms with Crippen LogP contribution < -0.4 is 9.47 Å². The fourth-order valence-corrected chi connectivity index (χ4v) is 2.96. The molecule has 0 aliphatic heterocycles. The molecule has 1 fully saturated rings. The van der Waals surface area contributed by atoms with Gasteiger partial charge >= 0.3 is 0 Å². The molecule has 0 bridgehead atoms. The van der Waals surface area contributed by atoms with E-state index in [4.69, 9.17) is 9.47 Å². The van der Waals surface area contributed by atoms with Crippen LogP contribution in [0.1, 0.15) is 24.3 Å². The first-order valence-corrected chi connectivity index (χ1v) is 6.70. The number of hydrogen-bond donors (Lipinski definition) is 0. The first kappa shape index (κ1) is 11.8. The molecule has 88 valence electrons. The fourth-order valence-electron chi connectivity index (χ4n) is 2.09. The minimum absolute atomic E-state index is 0.570. The average molecular weight is 285 g/mol. The average Bonchev–Trinajstić information content (AvgIpc) is 3.15. The molecule has 1 unspecified atom stereocenters. The summed E-state index contributed by atoms with van der Waals surface area (Å²) in [6.07, 6.45) is 2.68. The van der Waals surface area contributed by atoms with Gasteiger partial charge in [-0.1, -0.05) is 22.0 Å². The highest BCUT2D eigenvalue weighted by molar-refractivity contribution is 9.09. The molecule has 0 radical (unpaired) electrons. The standard InChI is InChI=1S/C13H17BrO2/c1-15-10-5-6-11(13(7-10)16-2)12(8-14)9-3-4-9/h5-7,9,12H,3-4,8H2,1-2H3. The van der Waals surface area contributed by atoms with Crippen LogP contribution in [-0.2, 0) is 0 Å². The molecule has 1 aromatic rings. The van der Waals surface area contributed by atoms with Crippen LogP contribution in [0, 0.1) is 5.92 Å². The number of ether oxygens (including phenoxy) is 2. The molecule has 0 N–H and O–H groups in total. The Kier molecular flexibility index (Phi) is 3.74. The van der Waals surface area contributed by atoms with Gasteiger partial charge in [0.15, 0.2) is 0 Å². The maximum Gasteiger partial charge on any atom is 0.126 e. The number of halogens is 1. The minimum Gasteiger partial charge on any atom is -0.497 e. The molecule has 16 heavy (non-hydrogen) atoms. The third-order valence-corrected chi connectivity index (χ3v) is 3.89. The predicted molar refractivity (Wildman–Crippen MR) is 68.8 cm³/mol. The van der Waals surface area contributed by atoms with Crippen LogP contribution in [0.25, 0.3) is 0 Å². The highest BCUT2D eigenvalue weighted by atomic mass is 79.9. The second-order valence-corrected chi connectivity index (χ2v) is 4.85. The molecule has 2 rings (SSSR count). The third-order valence-electron chi connectivity index (χ3n) is 3.20. The molecule has 0 heterocycles. The van der Waals surface area contributed by atoms with Crippen molar-refractivity contribution in [3.8, 4) is 11.5 Å². The normalized spacial score (nSPS) is 16.9. The zero-order valence-electron chi connectivity index (χ0n) is 9.70. The summed E-state index contributed by atoms with van der Waals surface area (Å²) in [5.74, 6) is 3.18. The van der Waals surface area contributed by atoms with Gasteiger partial charge in [-0.15, -0.1) is 0 Å².